The summed E-state index contributed by atoms with van der Waals surface area (Å²) < 4.78 is 42.6. The lowest BCUT2D eigenvalue weighted by Crippen LogP contribution is -2.19. The smallest absolute Gasteiger partial charge is 0.372 e. The molecule has 2 N–H and O–H groups in total. The van der Waals surface area contributed by atoms with E-state index in [-0.39, 0.29) is 17.2 Å². The average molecular weight is 407 g/mol. The van der Waals surface area contributed by atoms with Crippen molar-refractivity contribution in [1.82, 2.24) is 34.5 Å². The zero-order valence-corrected chi connectivity index (χ0v) is 15.9. The van der Waals surface area contributed by atoms with Crippen LogP contribution in [-0.2, 0) is 19.3 Å². The summed E-state index contributed by atoms with van der Waals surface area (Å²) in [7, 11) is 1.38. The average Bonchev–Trinajstić information content (AvgIpc) is 3.05. The summed E-state index contributed by atoms with van der Waals surface area (Å²) in [5.74, 6) is -0.224. The van der Waals surface area contributed by atoms with E-state index >= 15 is 0 Å². The van der Waals surface area contributed by atoms with Crippen LogP contribution in [0, 0.1) is 12.3 Å². The highest BCUT2D eigenvalue weighted by molar-refractivity contribution is 5.57. The number of nitrogens with one attached hydrogen (secondary N) is 2. The molecule has 12 heteroatoms. The number of halogens is 3. The van der Waals surface area contributed by atoms with Crippen molar-refractivity contribution in [2.75, 3.05) is 17.7 Å². The van der Waals surface area contributed by atoms with E-state index in [0.29, 0.717) is 17.9 Å². The minimum absolute atomic E-state index is 0.0637. The van der Waals surface area contributed by atoms with Crippen molar-refractivity contribution in [2.24, 2.45) is 5.41 Å². The van der Waals surface area contributed by atoms with E-state index in [2.05, 4.69) is 35.8 Å². The molecule has 3 aromatic heterocycles. The lowest BCUT2D eigenvalue weighted by Gasteiger charge is -2.14. The van der Waals surface area contributed by atoms with E-state index < -0.39 is 11.7 Å². The Kier molecular flexibility index (Phi) is 4.63. The van der Waals surface area contributed by atoms with Crippen molar-refractivity contribution in [3.05, 3.63) is 36.3 Å². The Labute approximate surface area is 164 Å². The van der Waals surface area contributed by atoms with Crippen LogP contribution >= 0.6 is 0 Å². The normalized spacial score (nSPS) is 15.3. The third kappa shape index (κ3) is 4.15. The molecule has 0 radical (unpaired) electrons. The molecule has 0 bridgehead atoms. The summed E-state index contributed by atoms with van der Waals surface area (Å²) >= 11 is 0. The Balaban J connectivity index is 1.49. The number of hydrogen-bond acceptors (Lipinski definition) is 7. The molecule has 4 rings (SSSR count). The van der Waals surface area contributed by atoms with Gasteiger partial charge in [0.1, 0.15) is 24.0 Å². The van der Waals surface area contributed by atoms with Crippen LogP contribution in [-0.4, -0.2) is 41.6 Å². The summed E-state index contributed by atoms with van der Waals surface area (Å²) in [4.78, 5) is 11.7. The van der Waals surface area contributed by atoms with Gasteiger partial charge in [-0.1, -0.05) is 0 Å². The minimum Gasteiger partial charge on any atom is -0.372 e. The van der Waals surface area contributed by atoms with Crippen molar-refractivity contribution in [1.29, 1.82) is 0 Å². The molecule has 3 heterocycles. The van der Waals surface area contributed by atoms with Crippen LogP contribution < -0.4 is 10.6 Å². The summed E-state index contributed by atoms with van der Waals surface area (Å²) in [5, 5.41) is 14.1. The second-order valence-corrected chi connectivity index (χ2v) is 7.25. The fraction of sp³-hybridized carbons (Fsp3) is 0.471. The van der Waals surface area contributed by atoms with Gasteiger partial charge in [0.05, 0.1) is 17.9 Å². The molecule has 0 amide bonds. The van der Waals surface area contributed by atoms with Gasteiger partial charge in [-0.3, -0.25) is 9.36 Å². The van der Waals surface area contributed by atoms with Crippen LogP contribution in [0.4, 0.5) is 30.6 Å². The number of nitrogens with zero attached hydrogens (tertiary/aromatic N) is 7. The summed E-state index contributed by atoms with van der Waals surface area (Å²) in [6.45, 7) is 3.30. The molecule has 0 aromatic carbocycles. The number of hydrogen-bond donors (Lipinski definition) is 2. The number of aromatic nitrogens is 7. The maximum Gasteiger partial charge on any atom is 0.421 e. The highest BCUT2D eigenvalue weighted by Gasteiger charge is 2.44. The van der Waals surface area contributed by atoms with E-state index in [0.717, 1.165) is 25.6 Å². The first-order valence-corrected chi connectivity index (χ1v) is 9.03. The second kappa shape index (κ2) is 7.01. The van der Waals surface area contributed by atoms with E-state index in [4.69, 9.17) is 0 Å². The fourth-order valence-electron chi connectivity index (χ4n) is 3.23. The summed E-state index contributed by atoms with van der Waals surface area (Å²) in [6.07, 6.45) is 3.40. The molecule has 154 valence electrons. The lowest BCUT2D eigenvalue weighted by atomic mass is 10.1. The Morgan fingerprint density at radius 1 is 1.21 bits per heavy atom. The first-order valence-electron chi connectivity index (χ1n) is 9.03. The predicted octanol–water partition coefficient (Wildman–Crippen LogP) is 2.86. The largest absolute Gasteiger partial charge is 0.421 e. The molecule has 9 nitrogen and oxygen atoms in total. The molecule has 0 atom stereocenters. The standard InChI is InChI=1S/C17H20F3N9/c1-11-13(25-15-23-5-12(17(18,19)20)14(21-2)26-15)6-28(27-11)7-16(3-4-16)8-29-10-22-9-24-29/h5-6,9-10H,3-4,7-8H2,1-2H3,(H2,21,23,25,26). The van der Waals surface area contributed by atoms with Gasteiger partial charge < -0.3 is 10.6 Å². The lowest BCUT2D eigenvalue weighted by molar-refractivity contribution is -0.137. The number of aryl methyl sites for hydroxylation is 1. The molecule has 1 aliphatic rings. The van der Waals surface area contributed by atoms with Crippen molar-refractivity contribution in [3.63, 3.8) is 0 Å². The number of anilines is 3. The Bertz CT molecular complexity index is 990. The van der Waals surface area contributed by atoms with Crippen molar-refractivity contribution in [3.8, 4) is 0 Å². The van der Waals surface area contributed by atoms with Gasteiger partial charge in [0, 0.05) is 31.4 Å². The van der Waals surface area contributed by atoms with Crippen LogP contribution in [0.1, 0.15) is 24.1 Å². The van der Waals surface area contributed by atoms with Crippen LogP contribution in [0.3, 0.4) is 0 Å². The predicted molar refractivity (Wildman–Crippen MR) is 98.5 cm³/mol. The molecular formula is C17H20F3N9. The van der Waals surface area contributed by atoms with E-state index in [9.17, 15) is 13.2 Å². The summed E-state index contributed by atoms with van der Waals surface area (Å²) in [6, 6.07) is 0. The number of rotatable bonds is 7. The van der Waals surface area contributed by atoms with Gasteiger partial charge in [0.25, 0.3) is 0 Å². The van der Waals surface area contributed by atoms with Crippen LogP contribution in [0.5, 0.6) is 0 Å². The third-order valence-electron chi connectivity index (χ3n) is 4.94. The first kappa shape index (κ1) is 19.2. The highest BCUT2D eigenvalue weighted by atomic mass is 19.4. The fourth-order valence-corrected chi connectivity index (χ4v) is 3.23. The molecule has 1 aliphatic carbocycles. The van der Waals surface area contributed by atoms with Gasteiger partial charge in [0.15, 0.2) is 0 Å². The Morgan fingerprint density at radius 2 is 1.97 bits per heavy atom. The topological polar surface area (TPSA) is 98.4 Å². The second-order valence-electron chi connectivity index (χ2n) is 7.25. The first-order chi connectivity index (χ1) is 13.8. The summed E-state index contributed by atoms with van der Waals surface area (Å²) in [5.41, 5.74) is 0.523. The zero-order valence-electron chi connectivity index (χ0n) is 15.9. The Morgan fingerprint density at radius 3 is 2.59 bits per heavy atom. The van der Waals surface area contributed by atoms with E-state index in [1.165, 1.54) is 13.4 Å². The van der Waals surface area contributed by atoms with Crippen LogP contribution in [0.15, 0.2) is 25.0 Å². The van der Waals surface area contributed by atoms with Crippen molar-refractivity contribution >= 4 is 17.5 Å². The molecule has 0 unspecified atom stereocenters. The molecule has 29 heavy (non-hydrogen) atoms. The van der Waals surface area contributed by atoms with Crippen molar-refractivity contribution < 1.29 is 13.2 Å². The minimum atomic E-state index is -4.53. The molecule has 0 spiro atoms. The molecule has 1 saturated carbocycles. The van der Waals surface area contributed by atoms with E-state index in [1.54, 1.807) is 6.33 Å². The quantitative estimate of drug-likeness (QED) is 0.621. The molecule has 3 aromatic rings. The van der Waals surface area contributed by atoms with Crippen LogP contribution in [0.25, 0.3) is 0 Å². The van der Waals surface area contributed by atoms with Gasteiger partial charge in [-0.05, 0) is 19.8 Å². The van der Waals surface area contributed by atoms with Crippen LogP contribution in [0.2, 0.25) is 0 Å². The van der Waals surface area contributed by atoms with Gasteiger partial charge in [0.2, 0.25) is 5.95 Å². The molecule has 0 aliphatic heterocycles. The molecular weight excluding hydrogens is 387 g/mol. The number of alkyl halides is 3. The van der Waals surface area contributed by atoms with E-state index in [1.807, 2.05) is 22.5 Å². The van der Waals surface area contributed by atoms with Gasteiger partial charge >= 0.3 is 6.18 Å². The maximum atomic E-state index is 13.0. The van der Waals surface area contributed by atoms with Gasteiger partial charge in [-0.25, -0.2) is 9.97 Å². The maximum absolute atomic E-state index is 13.0. The SMILES string of the molecule is CNc1nc(Nc2cn(CC3(Cn4cncn4)CC3)nc2C)ncc1C(F)(F)F. The van der Waals surface area contributed by atoms with Crippen molar-refractivity contribution in [2.45, 2.75) is 39.0 Å². The third-order valence-corrected chi connectivity index (χ3v) is 4.94. The zero-order chi connectivity index (χ0) is 20.6. The highest BCUT2D eigenvalue weighted by Crippen LogP contribution is 2.48. The Hall–Kier alpha value is -3.18. The van der Waals surface area contributed by atoms with Gasteiger partial charge in [-0.15, -0.1) is 0 Å². The monoisotopic (exact) mass is 407 g/mol. The molecule has 0 saturated heterocycles. The molecule has 1 fully saturated rings. The van der Waals surface area contributed by atoms with Gasteiger partial charge in [-0.2, -0.15) is 28.4 Å².